The quantitative estimate of drug-likeness (QED) is 0.740. The second kappa shape index (κ2) is 3.15. The molecule has 1 aliphatic carbocycles. The van der Waals surface area contributed by atoms with E-state index < -0.39 is 0 Å². The lowest BCUT2D eigenvalue weighted by Crippen LogP contribution is -2.39. The Balaban J connectivity index is 1.77. The molecule has 17 heavy (non-hydrogen) atoms. The summed E-state index contributed by atoms with van der Waals surface area (Å²) in [6, 6.07) is 2.66. The zero-order chi connectivity index (χ0) is 11.5. The van der Waals surface area contributed by atoms with Gasteiger partial charge in [0.2, 0.25) is 0 Å². The van der Waals surface area contributed by atoms with Crippen LogP contribution in [-0.4, -0.2) is 24.2 Å². The average Bonchev–Trinajstić information content (AvgIpc) is 2.99. The molecular weight excluding hydrogens is 212 g/mol. The van der Waals surface area contributed by atoms with E-state index in [1.165, 1.54) is 31.4 Å². The van der Waals surface area contributed by atoms with Gasteiger partial charge in [-0.1, -0.05) is 6.92 Å². The first-order valence-corrected chi connectivity index (χ1v) is 6.69. The van der Waals surface area contributed by atoms with Gasteiger partial charge in [0.05, 0.1) is 6.04 Å². The summed E-state index contributed by atoms with van der Waals surface area (Å²) in [5.74, 6) is 2.15. The molecule has 0 bridgehead atoms. The molecule has 3 nitrogen and oxygen atoms in total. The number of nitrogens with zero attached hydrogens (tertiary/aromatic N) is 2. The first-order chi connectivity index (χ1) is 8.31. The number of anilines is 1. The molecule has 0 radical (unpaired) electrons. The molecule has 1 aromatic heterocycles. The van der Waals surface area contributed by atoms with E-state index in [1.807, 2.05) is 6.20 Å². The molecule has 0 unspecified atom stereocenters. The van der Waals surface area contributed by atoms with Crippen molar-refractivity contribution in [1.29, 1.82) is 0 Å². The van der Waals surface area contributed by atoms with Crippen LogP contribution in [0.3, 0.4) is 0 Å². The highest BCUT2D eigenvalue weighted by Crippen LogP contribution is 2.57. The highest BCUT2D eigenvalue weighted by atomic mass is 16.5. The van der Waals surface area contributed by atoms with Crippen molar-refractivity contribution in [2.45, 2.75) is 38.6 Å². The first kappa shape index (κ1) is 9.75. The van der Waals surface area contributed by atoms with Crippen molar-refractivity contribution in [1.82, 2.24) is 4.98 Å². The molecule has 3 aliphatic rings. The van der Waals surface area contributed by atoms with Crippen molar-refractivity contribution in [3.63, 3.8) is 0 Å². The number of aromatic nitrogens is 1. The van der Waals surface area contributed by atoms with Crippen molar-refractivity contribution in [2.24, 2.45) is 5.41 Å². The second-order valence-corrected chi connectivity index (χ2v) is 5.77. The zero-order valence-corrected chi connectivity index (χ0v) is 10.3. The maximum atomic E-state index is 5.98. The third-order valence-electron chi connectivity index (χ3n) is 4.61. The Hall–Kier alpha value is -1.25. The minimum Gasteiger partial charge on any atom is -0.487 e. The number of hydrogen-bond acceptors (Lipinski definition) is 3. The normalized spacial score (nSPS) is 27.6. The maximum absolute atomic E-state index is 5.98. The molecule has 3 heteroatoms. The minimum absolute atomic E-state index is 0.574. The van der Waals surface area contributed by atoms with E-state index in [9.17, 15) is 0 Å². The summed E-state index contributed by atoms with van der Waals surface area (Å²) < 4.78 is 5.98. The number of ether oxygens (including phenoxy) is 1. The molecule has 0 aromatic carbocycles. The van der Waals surface area contributed by atoms with Crippen molar-refractivity contribution in [3.05, 3.63) is 17.8 Å². The molecule has 0 amide bonds. The van der Waals surface area contributed by atoms with Crippen LogP contribution in [0.2, 0.25) is 0 Å². The summed E-state index contributed by atoms with van der Waals surface area (Å²) in [5.41, 5.74) is 1.92. The molecule has 2 aliphatic heterocycles. The predicted octanol–water partition coefficient (Wildman–Crippen LogP) is 2.40. The lowest BCUT2D eigenvalue weighted by atomic mass is 10.0. The fourth-order valence-electron chi connectivity index (χ4n) is 3.40. The molecule has 90 valence electrons. The molecule has 1 atom stereocenters. The Morgan fingerprint density at radius 2 is 2.41 bits per heavy atom. The molecule has 0 N–H and O–H groups in total. The molecule has 1 saturated heterocycles. The highest BCUT2D eigenvalue weighted by molar-refractivity contribution is 5.60. The van der Waals surface area contributed by atoms with Crippen LogP contribution < -0.4 is 9.64 Å². The molecule has 2 fully saturated rings. The summed E-state index contributed by atoms with van der Waals surface area (Å²) in [4.78, 5) is 7.07. The monoisotopic (exact) mass is 230 g/mol. The minimum atomic E-state index is 0.574. The topological polar surface area (TPSA) is 25.4 Å². The van der Waals surface area contributed by atoms with Gasteiger partial charge in [0.1, 0.15) is 6.61 Å². The van der Waals surface area contributed by atoms with Crippen molar-refractivity contribution >= 4 is 5.82 Å². The Kier molecular flexibility index (Phi) is 1.81. The van der Waals surface area contributed by atoms with Crippen LogP contribution in [0.1, 0.15) is 31.7 Å². The van der Waals surface area contributed by atoms with Gasteiger partial charge in [0, 0.05) is 12.7 Å². The molecular formula is C14H18N2O. The fourth-order valence-corrected chi connectivity index (χ4v) is 3.40. The average molecular weight is 230 g/mol. The number of aryl methyl sites for hydroxylation is 1. The Labute approximate surface area is 102 Å². The standard InChI is InChI=1S/C14H18N2O/c1-2-10-3-6-15-13-12(10)17-8-11-7-14(4-5-14)9-16(11)13/h3,6,11H,2,4-5,7-9H2,1H3/t11-/m1/s1. The van der Waals surface area contributed by atoms with Crippen LogP contribution in [0.15, 0.2) is 12.3 Å². The lowest BCUT2D eigenvalue weighted by molar-refractivity contribution is 0.264. The van der Waals surface area contributed by atoms with Crippen molar-refractivity contribution in [3.8, 4) is 5.75 Å². The van der Waals surface area contributed by atoms with Crippen LogP contribution >= 0.6 is 0 Å². The van der Waals surface area contributed by atoms with Gasteiger partial charge in [-0.25, -0.2) is 4.98 Å². The smallest absolute Gasteiger partial charge is 0.172 e. The molecule has 1 spiro atoms. The van der Waals surface area contributed by atoms with Gasteiger partial charge in [-0.05, 0) is 42.7 Å². The first-order valence-electron chi connectivity index (χ1n) is 6.69. The SMILES string of the molecule is CCc1ccnc2c1OC[C@H]1CC3(CC3)CN21. The lowest BCUT2D eigenvalue weighted by Gasteiger charge is -2.33. The van der Waals surface area contributed by atoms with Gasteiger partial charge in [0.25, 0.3) is 0 Å². The summed E-state index contributed by atoms with van der Waals surface area (Å²) >= 11 is 0. The summed E-state index contributed by atoms with van der Waals surface area (Å²) in [5, 5.41) is 0. The van der Waals surface area contributed by atoms with E-state index >= 15 is 0 Å². The van der Waals surface area contributed by atoms with Crippen LogP contribution in [0, 0.1) is 5.41 Å². The number of hydrogen-bond donors (Lipinski definition) is 0. The Morgan fingerprint density at radius 3 is 3.18 bits per heavy atom. The highest BCUT2D eigenvalue weighted by Gasteiger charge is 2.53. The largest absolute Gasteiger partial charge is 0.487 e. The summed E-state index contributed by atoms with van der Waals surface area (Å²) in [6.07, 6.45) is 7.08. The van der Waals surface area contributed by atoms with Gasteiger partial charge in [-0.2, -0.15) is 0 Å². The van der Waals surface area contributed by atoms with Gasteiger partial charge in [0.15, 0.2) is 11.6 Å². The van der Waals surface area contributed by atoms with Gasteiger partial charge in [-0.15, -0.1) is 0 Å². The Bertz CT molecular complexity index is 467. The van der Waals surface area contributed by atoms with E-state index in [4.69, 9.17) is 4.74 Å². The van der Waals surface area contributed by atoms with E-state index in [0.717, 1.165) is 24.6 Å². The van der Waals surface area contributed by atoms with E-state index in [2.05, 4.69) is 22.9 Å². The summed E-state index contributed by atoms with van der Waals surface area (Å²) in [7, 11) is 0. The summed E-state index contributed by atoms with van der Waals surface area (Å²) in [6.45, 7) is 4.24. The van der Waals surface area contributed by atoms with Crippen LogP contribution in [0.25, 0.3) is 0 Å². The third kappa shape index (κ3) is 1.31. The molecule has 1 saturated carbocycles. The fraction of sp³-hybridized carbons (Fsp3) is 0.643. The number of fused-ring (bicyclic) bond motifs is 3. The van der Waals surface area contributed by atoms with Crippen LogP contribution in [-0.2, 0) is 6.42 Å². The zero-order valence-electron chi connectivity index (χ0n) is 10.3. The van der Waals surface area contributed by atoms with Gasteiger partial charge >= 0.3 is 0 Å². The number of pyridine rings is 1. The predicted molar refractivity (Wildman–Crippen MR) is 66.5 cm³/mol. The molecule has 1 aromatic rings. The van der Waals surface area contributed by atoms with E-state index in [1.54, 1.807) is 0 Å². The van der Waals surface area contributed by atoms with E-state index in [0.29, 0.717) is 11.5 Å². The third-order valence-corrected chi connectivity index (χ3v) is 4.61. The molecule has 3 heterocycles. The van der Waals surface area contributed by atoms with Crippen molar-refractivity contribution in [2.75, 3.05) is 18.1 Å². The number of rotatable bonds is 1. The second-order valence-electron chi connectivity index (χ2n) is 5.77. The van der Waals surface area contributed by atoms with Gasteiger partial charge in [-0.3, -0.25) is 0 Å². The maximum Gasteiger partial charge on any atom is 0.172 e. The van der Waals surface area contributed by atoms with Crippen LogP contribution in [0.5, 0.6) is 5.75 Å². The van der Waals surface area contributed by atoms with Crippen LogP contribution in [0.4, 0.5) is 5.82 Å². The van der Waals surface area contributed by atoms with E-state index in [-0.39, 0.29) is 0 Å². The van der Waals surface area contributed by atoms with Crippen molar-refractivity contribution < 1.29 is 4.74 Å². The Morgan fingerprint density at radius 1 is 1.53 bits per heavy atom. The van der Waals surface area contributed by atoms with Gasteiger partial charge < -0.3 is 9.64 Å². The molecule has 4 rings (SSSR count).